The number of nitrogens with one attached hydrogen (secondary N) is 1. The Morgan fingerprint density at radius 3 is 2.67 bits per heavy atom. The maximum atomic E-state index is 12.6. The minimum Gasteiger partial charge on any atom is -0.481 e. The molecule has 0 heterocycles. The van der Waals surface area contributed by atoms with Gasteiger partial charge >= 0.3 is 5.97 Å². The summed E-state index contributed by atoms with van der Waals surface area (Å²) in [6.45, 7) is 0.727. The Morgan fingerprint density at radius 1 is 1.21 bits per heavy atom. The Kier molecular flexibility index (Phi) is 12.7. The van der Waals surface area contributed by atoms with E-state index in [1.165, 1.54) is 37.1 Å². The van der Waals surface area contributed by atoms with Gasteiger partial charge in [0, 0.05) is 18.6 Å². The van der Waals surface area contributed by atoms with Crippen LogP contribution in [0.1, 0.15) is 61.7 Å². The van der Waals surface area contributed by atoms with Gasteiger partial charge < -0.3 is 20.9 Å². The van der Waals surface area contributed by atoms with E-state index in [4.69, 9.17) is 10.5 Å². The highest BCUT2D eigenvalue weighted by atomic mass is 32.2. The Balaban J connectivity index is 1.76. The van der Waals surface area contributed by atoms with Crippen molar-refractivity contribution in [2.24, 2.45) is 5.92 Å². The minimum atomic E-state index is -0.970. The van der Waals surface area contributed by atoms with Gasteiger partial charge in [-0.05, 0) is 61.6 Å². The molecule has 184 valence electrons. The molecule has 0 aromatic heterocycles. The molecule has 0 aliphatic heterocycles. The Labute approximate surface area is 205 Å². The van der Waals surface area contributed by atoms with Crippen LogP contribution in [0.25, 0.3) is 0 Å². The number of amides is 1. The van der Waals surface area contributed by atoms with E-state index in [1.807, 2.05) is 6.26 Å². The van der Waals surface area contributed by atoms with Crippen LogP contribution in [-0.4, -0.2) is 59.0 Å². The number of nitrogens with two attached hydrogens (primary N) is 1. The van der Waals surface area contributed by atoms with Crippen LogP contribution in [0, 0.1) is 5.92 Å². The average molecular weight is 497 g/mol. The van der Waals surface area contributed by atoms with Crippen molar-refractivity contribution in [3.05, 3.63) is 23.8 Å². The third-order valence-electron chi connectivity index (χ3n) is 5.67. The smallest absolute Gasteiger partial charge is 0.306 e. The Hall–Kier alpha value is -1.71. The molecule has 0 spiro atoms. The molecular weight excluding hydrogens is 460 g/mol. The summed E-state index contributed by atoms with van der Waals surface area (Å²) in [5.74, 6) is -0.351. The van der Waals surface area contributed by atoms with E-state index in [9.17, 15) is 19.5 Å². The number of ether oxygens (including phenoxy) is 1. The highest BCUT2D eigenvalue weighted by Crippen LogP contribution is 2.24. The summed E-state index contributed by atoms with van der Waals surface area (Å²) in [5.41, 5.74) is 7.06. The number of benzene rings is 1. The van der Waals surface area contributed by atoms with Gasteiger partial charge in [0.2, 0.25) is 5.91 Å². The van der Waals surface area contributed by atoms with E-state index in [2.05, 4.69) is 5.32 Å². The van der Waals surface area contributed by atoms with Gasteiger partial charge in [-0.1, -0.05) is 19.3 Å². The van der Waals surface area contributed by atoms with Gasteiger partial charge in [0.05, 0.1) is 29.1 Å². The van der Waals surface area contributed by atoms with Crippen LogP contribution in [0.5, 0.6) is 0 Å². The van der Waals surface area contributed by atoms with Gasteiger partial charge in [0.1, 0.15) is 0 Å². The fraction of sp³-hybridized carbons (Fsp3) is 0.625. The lowest BCUT2D eigenvalue weighted by atomic mass is 9.95. The van der Waals surface area contributed by atoms with Crippen LogP contribution in [0.15, 0.2) is 18.2 Å². The number of aliphatic carboxylic acids is 1. The molecule has 1 atom stereocenters. The second-order valence-corrected chi connectivity index (χ2v) is 10.4. The zero-order valence-electron chi connectivity index (χ0n) is 19.3. The van der Waals surface area contributed by atoms with Crippen molar-refractivity contribution in [3.63, 3.8) is 0 Å². The predicted molar refractivity (Wildman–Crippen MR) is 137 cm³/mol. The van der Waals surface area contributed by atoms with Crippen molar-refractivity contribution < 1.29 is 24.2 Å². The van der Waals surface area contributed by atoms with Gasteiger partial charge in [-0.15, -0.1) is 0 Å². The van der Waals surface area contributed by atoms with Crippen LogP contribution >= 0.6 is 23.5 Å². The molecule has 9 heteroatoms. The lowest BCUT2D eigenvalue weighted by molar-refractivity contribution is -0.141. The number of carboxylic acid groups (broad SMARTS) is 1. The summed E-state index contributed by atoms with van der Waals surface area (Å²) >= 11 is 3.09. The summed E-state index contributed by atoms with van der Waals surface area (Å²) in [6, 6.07) is 4.67. The number of hydrogen-bond donors (Lipinski definition) is 3. The van der Waals surface area contributed by atoms with Crippen LogP contribution in [-0.2, 0) is 14.3 Å². The Bertz CT molecular complexity index is 784. The molecule has 33 heavy (non-hydrogen) atoms. The molecule has 2 rings (SSSR count). The molecule has 1 amide bonds. The zero-order chi connectivity index (χ0) is 24.1. The van der Waals surface area contributed by atoms with E-state index in [1.54, 1.807) is 23.9 Å². The standard InChI is InChI=1S/C24H36N2O5S2/c1-32-13-10-18(24(29)30)15-22(27)17-8-9-20(25)21(14-17)26-23(28)16-33-12-5-11-31-19-6-3-2-4-7-19/h8-9,14,18-19H,2-7,10-13,15-16,25H2,1H3,(H,26,28)(H,29,30). The number of rotatable bonds is 15. The van der Waals surface area contributed by atoms with Crippen LogP contribution < -0.4 is 11.1 Å². The van der Waals surface area contributed by atoms with Crippen molar-refractivity contribution >= 4 is 52.6 Å². The van der Waals surface area contributed by atoms with Gasteiger partial charge in [0.15, 0.2) is 5.78 Å². The van der Waals surface area contributed by atoms with E-state index in [-0.39, 0.29) is 23.9 Å². The highest BCUT2D eigenvalue weighted by Gasteiger charge is 2.22. The first-order chi connectivity index (χ1) is 15.9. The van der Waals surface area contributed by atoms with Crippen LogP contribution in [0.4, 0.5) is 11.4 Å². The van der Waals surface area contributed by atoms with E-state index in [0.717, 1.165) is 31.6 Å². The first-order valence-electron chi connectivity index (χ1n) is 11.5. The van der Waals surface area contributed by atoms with Crippen LogP contribution in [0.2, 0.25) is 0 Å². The van der Waals surface area contributed by atoms with Gasteiger partial charge in [0.25, 0.3) is 0 Å². The molecule has 1 saturated carbocycles. The molecule has 7 nitrogen and oxygen atoms in total. The third kappa shape index (κ3) is 10.4. The number of carboxylic acids is 1. The lowest BCUT2D eigenvalue weighted by Gasteiger charge is -2.21. The molecule has 0 bridgehead atoms. The number of ketones is 1. The van der Waals surface area contributed by atoms with Crippen molar-refractivity contribution in [3.8, 4) is 0 Å². The summed E-state index contributed by atoms with van der Waals surface area (Å²) < 4.78 is 5.90. The molecule has 1 aromatic carbocycles. The number of anilines is 2. The maximum Gasteiger partial charge on any atom is 0.306 e. The first kappa shape index (κ1) is 27.5. The van der Waals surface area contributed by atoms with Crippen molar-refractivity contribution in [2.45, 2.75) is 57.5 Å². The van der Waals surface area contributed by atoms with E-state index in [0.29, 0.717) is 35.2 Å². The fourth-order valence-corrected chi connectivity index (χ4v) is 4.99. The number of Topliss-reactive ketones (excluding diaryl/α,β-unsaturated/α-hetero) is 1. The third-order valence-corrected chi connectivity index (χ3v) is 7.36. The number of nitrogen functional groups attached to an aromatic ring is 1. The topological polar surface area (TPSA) is 119 Å². The van der Waals surface area contributed by atoms with Gasteiger partial charge in [-0.2, -0.15) is 23.5 Å². The molecule has 1 fully saturated rings. The Morgan fingerprint density at radius 2 is 1.97 bits per heavy atom. The average Bonchev–Trinajstić information content (AvgIpc) is 2.80. The summed E-state index contributed by atoms with van der Waals surface area (Å²) in [7, 11) is 0. The van der Waals surface area contributed by atoms with Crippen molar-refractivity contribution in [1.82, 2.24) is 0 Å². The normalized spacial score (nSPS) is 15.2. The number of hydrogen-bond acceptors (Lipinski definition) is 7. The van der Waals surface area contributed by atoms with Crippen molar-refractivity contribution in [2.75, 3.05) is 41.2 Å². The predicted octanol–water partition coefficient (Wildman–Crippen LogP) is 4.71. The van der Waals surface area contributed by atoms with Crippen LogP contribution in [0.3, 0.4) is 0 Å². The molecule has 0 radical (unpaired) electrons. The summed E-state index contributed by atoms with van der Waals surface area (Å²) in [4.78, 5) is 36.4. The molecule has 1 unspecified atom stereocenters. The highest BCUT2D eigenvalue weighted by molar-refractivity contribution is 7.99. The maximum absolute atomic E-state index is 12.6. The minimum absolute atomic E-state index is 0.0774. The molecular formula is C24H36N2O5S2. The zero-order valence-corrected chi connectivity index (χ0v) is 21.0. The lowest BCUT2D eigenvalue weighted by Crippen LogP contribution is -2.20. The SMILES string of the molecule is CSCCC(CC(=O)c1ccc(N)c(NC(=O)CSCCCOC2CCCCC2)c1)C(=O)O. The molecule has 1 aliphatic rings. The van der Waals surface area contributed by atoms with E-state index < -0.39 is 11.9 Å². The second kappa shape index (κ2) is 15.2. The molecule has 1 aromatic rings. The van der Waals surface area contributed by atoms with Gasteiger partial charge in [-0.25, -0.2) is 0 Å². The monoisotopic (exact) mass is 496 g/mol. The summed E-state index contributed by atoms with van der Waals surface area (Å²) in [6.07, 6.45) is 9.72. The fourth-order valence-electron chi connectivity index (χ4n) is 3.75. The quantitative estimate of drug-likeness (QED) is 0.181. The molecule has 1 aliphatic carbocycles. The second-order valence-electron chi connectivity index (χ2n) is 8.33. The number of thioether (sulfide) groups is 2. The number of carbonyl (C=O) groups excluding carboxylic acids is 2. The molecule has 4 N–H and O–H groups in total. The van der Waals surface area contributed by atoms with E-state index >= 15 is 0 Å². The van der Waals surface area contributed by atoms with Crippen molar-refractivity contribution in [1.29, 1.82) is 0 Å². The summed E-state index contributed by atoms with van der Waals surface area (Å²) in [5, 5.41) is 12.1. The first-order valence-corrected chi connectivity index (χ1v) is 14.1. The molecule has 0 saturated heterocycles. The van der Waals surface area contributed by atoms with Gasteiger partial charge in [-0.3, -0.25) is 14.4 Å². The largest absolute Gasteiger partial charge is 0.481 e. The number of carbonyl (C=O) groups is 3.